The van der Waals surface area contributed by atoms with Crippen LogP contribution in [-0.4, -0.2) is 30.9 Å². The van der Waals surface area contributed by atoms with Crippen LogP contribution in [0, 0.1) is 18.3 Å². The lowest BCUT2D eigenvalue weighted by Gasteiger charge is -2.40. The molecule has 3 heteroatoms. The number of nitrogens with zero attached hydrogens (tertiary/aromatic N) is 1. The molecule has 1 saturated carbocycles. The zero-order chi connectivity index (χ0) is 14.9. The summed E-state index contributed by atoms with van der Waals surface area (Å²) in [5.41, 5.74) is 2.39. The maximum absolute atomic E-state index is 13.1. The number of nitrogens with one attached hydrogen (secondary N) is 1. The van der Waals surface area contributed by atoms with Crippen molar-refractivity contribution in [2.75, 3.05) is 20.1 Å². The van der Waals surface area contributed by atoms with E-state index in [1.54, 1.807) is 0 Å². The zero-order valence-electron chi connectivity index (χ0n) is 13.2. The predicted octanol–water partition coefficient (Wildman–Crippen LogP) is 2.73. The zero-order valence-corrected chi connectivity index (χ0v) is 13.2. The first-order chi connectivity index (χ1) is 10.1. The second-order valence-corrected chi connectivity index (χ2v) is 6.82. The third kappa shape index (κ3) is 2.59. The van der Waals surface area contributed by atoms with Gasteiger partial charge < -0.3 is 10.2 Å². The molecule has 1 amide bonds. The highest BCUT2D eigenvalue weighted by Crippen LogP contribution is 2.45. The van der Waals surface area contributed by atoms with Crippen LogP contribution in [0.15, 0.2) is 24.3 Å². The minimum Gasteiger partial charge on any atom is -0.341 e. The topological polar surface area (TPSA) is 32.3 Å². The second-order valence-electron chi connectivity index (χ2n) is 6.82. The summed E-state index contributed by atoms with van der Waals surface area (Å²) in [6.45, 7) is 4.73. The molecule has 0 bridgehead atoms. The number of carbonyl (C=O) groups excluding carboxylic acids is 1. The van der Waals surface area contributed by atoms with E-state index in [0.29, 0.717) is 11.8 Å². The SMILES string of the molecule is Cc1ccccc1CN(C)C(=O)[C@@]12CCCC[C@H]1CNC2. The molecule has 3 nitrogen and oxygen atoms in total. The van der Waals surface area contributed by atoms with Gasteiger partial charge in [0.15, 0.2) is 0 Å². The molecule has 0 aromatic heterocycles. The molecule has 2 aliphatic rings. The van der Waals surface area contributed by atoms with Gasteiger partial charge in [0.2, 0.25) is 5.91 Å². The van der Waals surface area contributed by atoms with Crippen molar-refractivity contribution >= 4 is 5.91 Å². The van der Waals surface area contributed by atoms with Crippen molar-refractivity contribution in [3.05, 3.63) is 35.4 Å². The fourth-order valence-electron chi connectivity index (χ4n) is 4.16. The Balaban J connectivity index is 1.76. The van der Waals surface area contributed by atoms with E-state index in [9.17, 15) is 4.79 Å². The number of benzene rings is 1. The van der Waals surface area contributed by atoms with Crippen molar-refractivity contribution < 1.29 is 4.79 Å². The Bertz CT molecular complexity index is 528. The van der Waals surface area contributed by atoms with E-state index in [1.807, 2.05) is 11.9 Å². The summed E-state index contributed by atoms with van der Waals surface area (Å²) in [4.78, 5) is 15.1. The first kappa shape index (κ1) is 14.6. The van der Waals surface area contributed by atoms with Gasteiger partial charge in [-0.05, 0) is 43.4 Å². The Morgan fingerprint density at radius 3 is 3.00 bits per heavy atom. The Morgan fingerprint density at radius 2 is 2.19 bits per heavy atom. The summed E-state index contributed by atoms with van der Waals surface area (Å²) in [5.74, 6) is 0.888. The lowest BCUT2D eigenvalue weighted by molar-refractivity contribution is -0.144. The van der Waals surface area contributed by atoms with Crippen molar-refractivity contribution in [3.8, 4) is 0 Å². The monoisotopic (exact) mass is 286 g/mol. The van der Waals surface area contributed by atoms with Crippen molar-refractivity contribution in [1.29, 1.82) is 0 Å². The number of aryl methyl sites for hydroxylation is 1. The number of hydrogen-bond donors (Lipinski definition) is 1. The average molecular weight is 286 g/mol. The summed E-state index contributed by atoms with van der Waals surface area (Å²) < 4.78 is 0. The minimum absolute atomic E-state index is 0.129. The molecule has 1 N–H and O–H groups in total. The van der Waals surface area contributed by atoms with Gasteiger partial charge in [-0.1, -0.05) is 37.1 Å². The summed E-state index contributed by atoms with van der Waals surface area (Å²) in [5, 5.41) is 3.47. The molecule has 0 radical (unpaired) electrons. The van der Waals surface area contributed by atoms with Gasteiger partial charge in [0.25, 0.3) is 0 Å². The summed E-state index contributed by atoms with van der Waals surface area (Å²) in [6, 6.07) is 8.35. The highest BCUT2D eigenvalue weighted by atomic mass is 16.2. The molecular weight excluding hydrogens is 260 g/mol. The van der Waals surface area contributed by atoms with Crippen LogP contribution in [0.3, 0.4) is 0 Å². The highest BCUT2D eigenvalue weighted by molar-refractivity contribution is 5.83. The number of rotatable bonds is 3. The molecule has 2 fully saturated rings. The van der Waals surface area contributed by atoms with Crippen LogP contribution in [0.4, 0.5) is 0 Å². The van der Waals surface area contributed by atoms with Crippen molar-refractivity contribution in [2.45, 2.75) is 39.2 Å². The van der Waals surface area contributed by atoms with E-state index in [1.165, 1.54) is 30.4 Å². The molecule has 21 heavy (non-hydrogen) atoms. The quantitative estimate of drug-likeness (QED) is 0.926. The fourth-order valence-corrected chi connectivity index (χ4v) is 4.16. The molecule has 1 aliphatic carbocycles. The van der Waals surface area contributed by atoms with Gasteiger partial charge in [-0.15, -0.1) is 0 Å². The van der Waals surface area contributed by atoms with Crippen LogP contribution in [0.25, 0.3) is 0 Å². The third-order valence-electron chi connectivity index (χ3n) is 5.48. The van der Waals surface area contributed by atoms with Gasteiger partial charge in [-0.25, -0.2) is 0 Å². The largest absolute Gasteiger partial charge is 0.341 e. The lowest BCUT2D eigenvalue weighted by atomic mass is 9.67. The van der Waals surface area contributed by atoms with Crippen LogP contribution >= 0.6 is 0 Å². The standard InChI is InChI=1S/C18H26N2O/c1-14-7-3-4-8-15(14)12-20(2)17(21)18-10-6-5-9-16(18)11-19-13-18/h3-4,7-8,16,19H,5-6,9-13H2,1-2H3/t16-,18+/m0/s1. The number of carbonyl (C=O) groups is 1. The van der Waals surface area contributed by atoms with Crippen molar-refractivity contribution in [2.24, 2.45) is 11.3 Å². The normalized spacial score (nSPS) is 28.2. The molecule has 1 aromatic carbocycles. The molecule has 3 rings (SSSR count). The molecule has 0 unspecified atom stereocenters. The van der Waals surface area contributed by atoms with Gasteiger partial charge in [0, 0.05) is 20.1 Å². The average Bonchev–Trinajstić information content (AvgIpc) is 2.93. The molecular formula is C18H26N2O. The molecule has 1 heterocycles. The first-order valence-corrected chi connectivity index (χ1v) is 8.14. The van der Waals surface area contributed by atoms with Crippen LogP contribution in [0.5, 0.6) is 0 Å². The van der Waals surface area contributed by atoms with E-state index >= 15 is 0 Å². The smallest absolute Gasteiger partial charge is 0.230 e. The fraction of sp³-hybridized carbons (Fsp3) is 0.611. The number of amides is 1. The number of fused-ring (bicyclic) bond motifs is 1. The number of hydrogen-bond acceptors (Lipinski definition) is 2. The summed E-state index contributed by atoms with van der Waals surface area (Å²) in [6.07, 6.45) is 4.74. The van der Waals surface area contributed by atoms with Gasteiger partial charge in [0.05, 0.1) is 5.41 Å². The molecule has 1 aliphatic heterocycles. The first-order valence-electron chi connectivity index (χ1n) is 8.14. The van der Waals surface area contributed by atoms with Gasteiger partial charge in [-0.2, -0.15) is 0 Å². The van der Waals surface area contributed by atoms with E-state index < -0.39 is 0 Å². The van der Waals surface area contributed by atoms with E-state index in [4.69, 9.17) is 0 Å². The van der Waals surface area contributed by atoms with Crippen LogP contribution in [-0.2, 0) is 11.3 Å². The molecule has 1 aromatic rings. The van der Waals surface area contributed by atoms with E-state index in [2.05, 4.69) is 36.5 Å². The van der Waals surface area contributed by atoms with Crippen LogP contribution in [0.2, 0.25) is 0 Å². The van der Waals surface area contributed by atoms with Crippen LogP contribution < -0.4 is 5.32 Å². The maximum atomic E-state index is 13.1. The molecule has 114 valence electrons. The van der Waals surface area contributed by atoms with Crippen LogP contribution in [0.1, 0.15) is 36.8 Å². The van der Waals surface area contributed by atoms with Crippen molar-refractivity contribution in [3.63, 3.8) is 0 Å². The summed E-state index contributed by atoms with van der Waals surface area (Å²) in [7, 11) is 1.97. The van der Waals surface area contributed by atoms with Gasteiger partial charge >= 0.3 is 0 Å². The molecule has 0 spiro atoms. The third-order valence-corrected chi connectivity index (χ3v) is 5.48. The van der Waals surface area contributed by atoms with Gasteiger partial charge in [0.1, 0.15) is 0 Å². The Hall–Kier alpha value is -1.35. The van der Waals surface area contributed by atoms with Gasteiger partial charge in [-0.3, -0.25) is 4.79 Å². The van der Waals surface area contributed by atoms with Crippen molar-refractivity contribution in [1.82, 2.24) is 10.2 Å². The summed E-state index contributed by atoms with van der Waals surface area (Å²) >= 11 is 0. The lowest BCUT2D eigenvalue weighted by Crippen LogP contribution is -2.48. The Kier molecular flexibility index (Phi) is 4.03. The molecule has 1 saturated heterocycles. The Labute approximate surface area is 127 Å². The minimum atomic E-state index is -0.129. The van der Waals surface area contributed by atoms with E-state index in [0.717, 1.165) is 26.1 Å². The second kappa shape index (κ2) is 5.80. The Morgan fingerprint density at radius 1 is 1.38 bits per heavy atom. The maximum Gasteiger partial charge on any atom is 0.230 e. The highest BCUT2D eigenvalue weighted by Gasteiger charge is 2.50. The van der Waals surface area contributed by atoms with E-state index in [-0.39, 0.29) is 5.41 Å². The molecule has 2 atom stereocenters. The predicted molar refractivity (Wildman–Crippen MR) is 84.9 cm³/mol.